The van der Waals surface area contributed by atoms with Gasteiger partial charge in [-0.1, -0.05) is 12.1 Å². The Bertz CT molecular complexity index is 529. The molecule has 19 heavy (non-hydrogen) atoms. The number of anilines is 1. The fraction of sp³-hybridized carbons (Fsp3) is 0.538. The Morgan fingerprint density at radius 1 is 1.37 bits per heavy atom. The number of benzene rings is 1. The zero-order valence-corrected chi connectivity index (χ0v) is 11.8. The Morgan fingerprint density at radius 2 is 2.05 bits per heavy atom. The highest BCUT2D eigenvalue weighted by Gasteiger charge is 2.25. The molecule has 4 nitrogen and oxygen atoms in total. The zero-order chi connectivity index (χ0) is 13.9. The number of nitrogens with one attached hydrogen (secondary N) is 1. The van der Waals surface area contributed by atoms with Crippen LogP contribution in [0.5, 0.6) is 0 Å². The molecule has 0 radical (unpaired) electrons. The zero-order valence-electron chi connectivity index (χ0n) is 11.0. The molecule has 1 aromatic rings. The van der Waals surface area contributed by atoms with Crippen LogP contribution in [-0.2, 0) is 10.0 Å². The maximum Gasteiger partial charge on any atom is 0.236 e. The molecular formula is C13H19FN2O2S. The lowest BCUT2D eigenvalue weighted by molar-refractivity contribution is 0.581. The number of rotatable bonds is 7. The van der Waals surface area contributed by atoms with Crippen LogP contribution < -0.4 is 9.62 Å². The summed E-state index contributed by atoms with van der Waals surface area (Å²) in [6.45, 7) is 2.35. The third-order valence-corrected chi connectivity index (χ3v) is 4.96. The van der Waals surface area contributed by atoms with Gasteiger partial charge in [-0.2, -0.15) is 0 Å². The average Bonchev–Trinajstić information content (AvgIpc) is 3.16. The summed E-state index contributed by atoms with van der Waals surface area (Å²) in [6.07, 6.45) is 2.23. The molecule has 106 valence electrons. The van der Waals surface area contributed by atoms with Gasteiger partial charge in [0.1, 0.15) is 5.82 Å². The highest BCUT2D eigenvalue weighted by molar-refractivity contribution is 7.92. The van der Waals surface area contributed by atoms with Crippen LogP contribution >= 0.6 is 0 Å². The SMILES string of the molecule is CCN(c1ccccc1F)S(=O)(=O)CCNC1CC1. The average molecular weight is 286 g/mol. The largest absolute Gasteiger partial charge is 0.313 e. The third-order valence-electron chi connectivity index (χ3n) is 3.11. The number of hydrogen-bond donors (Lipinski definition) is 1. The van der Waals surface area contributed by atoms with Crippen molar-refractivity contribution in [1.29, 1.82) is 0 Å². The van der Waals surface area contributed by atoms with E-state index in [4.69, 9.17) is 0 Å². The molecule has 1 aromatic carbocycles. The van der Waals surface area contributed by atoms with Gasteiger partial charge in [-0.25, -0.2) is 12.8 Å². The van der Waals surface area contributed by atoms with Gasteiger partial charge < -0.3 is 5.32 Å². The molecular weight excluding hydrogens is 267 g/mol. The Labute approximate surface area is 113 Å². The molecule has 0 heterocycles. The third kappa shape index (κ3) is 3.67. The van der Waals surface area contributed by atoms with Gasteiger partial charge in [0, 0.05) is 19.1 Å². The van der Waals surface area contributed by atoms with Crippen molar-refractivity contribution in [1.82, 2.24) is 5.32 Å². The van der Waals surface area contributed by atoms with Gasteiger partial charge in [0.15, 0.2) is 0 Å². The summed E-state index contributed by atoms with van der Waals surface area (Å²) in [6, 6.07) is 6.42. The van der Waals surface area contributed by atoms with Gasteiger partial charge in [0.2, 0.25) is 10.0 Å². The Morgan fingerprint density at radius 3 is 2.63 bits per heavy atom. The van der Waals surface area contributed by atoms with Crippen LogP contribution in [0.3, 0.4) is 0 Å². The van der Waals surface area contributed by atoms with E-state index in [1.807, 2.05) is 0 Å². The first kappa shape index (κ1) is 14.3. The van der Waals surface area contributed by atoms with Gasteiger partial charge in [0.25, 0.3) is 0 Å². The number of nitrogens with zero attached hydrogens (tertiary/aromatic N) is 1. The summed E-state index contributed by atoms with van der Waals surface area (Å²) >= 11 is 0. The summed E-state index contributed by atoms with van der Waals surface area (Å²) in [5, 5.41) is 3.16. The van der Waals surface area contributed by atoms with Crippen LogP contribution in [0.25, 0.3) is 0 Å². The maximum atomic E-state index is 13.7. The van der Waals surface area contributed by atoms with Gasteiger partial charge >= 0.3 is 0 Å². The van der Waals surface area contributed by atoms with E-state index in [2.05, 4.69) is 5.32 Å². The Balaban J connectivity index is 2.08. The van der Waals surface area contributed by atoms with E-state index in [1.165, 1.54) is 12.1 Å². The van der Waals surface area contributed by atoms with Crippen molar-refractivity contribution in [3.8, 4) is 0 Å². The van der Waals surface area contributed by atoms with Crippen LogP contribution in [0, 0.1) is 5.82 Å². The van der Waals surface area contributed by atoms with Crippen LogP contribution in [0.2, 0.25) is 0 Å². The minimum Gasteiger partial charge on any atom is -0.313 e. The van der Waals surface area contributed by atoms with E-state index in [0.717, 1.165) is 17.1 Å². The van der Waals surface area contributed by atoms with Crippen LogP contribution in [0.1, 0.15) is 19.8 Å². The summed E-state index contributed by atoms with van der Waals surface area (Å²) < 4.78 is 39.3. The van der Waals surface area contributed by atoms with E-state index in [0.29, 0.717) is 12.6 Å². The minimum absolute atomic E-state index is 0.00826. The maximum absolute atomic E-state index is 13.7. The topological polar surface area (TPSA) is 49.4 Å². The summed E-state index contributed by atoms with van der Waals surface area (Å²) in [5.74, 6) is -0.519. The molecule has 1 aliphatic rings. The standard InChI is InChI=1S/C13H19FN2O2S/c1-2-16(13-6-4-3-5-12(13)14)19(17,18)10-9-15-11-7-8-11/h3-6,11,15H,2,7-10H2,1H3. The van der Waals surface area contributed by atoms with E-state index in [9.17, 15) is 12.8 Å². The van der Waals surface area contributed by atoms with Crippen molar-refractivity contribution in [3.05, 3.63) is 30.1 Å². The lowest BCUT2D eigenvalue weighted by Gasteiger charge is -2.23. The lowest BCUT2D eigenvalue weighted by Crippen LogP contribution is -2.37. The Kier molecular flexibility index (Phi) is 4.42. The summed E-state index contributed by atoms with van der Waals surface area (Å²) in [7, 11) is -3.49. The van der Waals surface area contributed by atoms with E-state index in [-0.39, 0.29) is 18.0 Å². The molecule has 1 fully saturated rings. The molecule has 6 heteroatoms. The number of sulfonamides is 1. The highest BCUT2D eigenvalue weighted by Crippen LogP contribution is 2.22. The van der Waals surface area contributed by atoms with E-state index >= 15 is 0 Å². The first-order valence-corrected chi connectivity index (χ1v) is 8.14. The van der Waals surface area contributed by atoms with Gasteiger partial charge in [0.05, 0.1) is 11.4 Å². The molecule has 0 spiro atoms. The first-order valence-electron chi connectivity index (χ1n) is 6.53. The molecule has 0 saturated heterocycles. The molecule has 0 aromatic heterocycles. The second-order valence-electron chi connectivity index (χ2n) is 4.66. The number of para-hydroxylation sites is 1. The summed E-state index contributed by atoms with van der Waals surface area (Å²) in [5.41, 5.74) is 0.122. The smallest absolute Gasteiger partial charge is 0.236 e. The molecule has 1 saturated carbocycles. The van der Waals surface area contributed by atoms with E-state index in [1.54, 1.807) is 19.1 Å². The second-order valence-corrected chi connectivity index (χ2v) is 6.67. The normalized spacial score (nSPS) is 15.5. The molecule has 1 aliphatic carbocycles. The van der Waals surface area contributed by atoms with Gasteiger partial charge in [-0.05, 0) is 31.9 Å². The summed E-state index contributed by atoms with van der Waals surface area (Å²) in [4.78, 5) is 0. The van der Waals surface area contributed by atoms with Crippen molar-refractivity contribution in [2.45, 2.75) is 25.8 Å². The minimum atomic E-state index is -3.49. The van der Waals surface area contributed by atoms with Crippen LogP contribution in [0.4, 0.5) is 10.1 Å². The van der Waals surface area contributed by atoms with Crippen LogP contribution in [-0.4, -0.2) is 33.3 Å². The number of halogens is 1. The number of hydrogen-bond acceptors (Lipinski definition) is 3. The molecule has 0 unspecified atom stereocenters. The predicted octanol–water partition coefficient (Wildman–Crippen LogP) is 1.73. The van der Waals surface area contributed by atoms with Gasteiger partial charge in [-0.3, -0.25) is 4.31 Å². The molecule has 0 atom stereocenters. The molecule has 0 amide bonds. The molecule has 0 bridgehead atoms. The van der Waals surface area contributed by atoms with Crippen molar-refractivity contribution in [2.24, 2.45) is 0 Å². The van der Waals surface area contributed by atoms with Crippen molar-refractivity contribution >= 4 is 15.7 Å². The monoisotopic (exact) mass is 286 g/mol. The first-order chi connectivity index (χ1) is 9.04. The van der Waals surface area contributed by atoms with Crippen molar-refractivity contribution in [2.75, 3.05) is 23.1 Å². The lowest BCUT2D eigenvalue weighted by atomic mass is 10.3. The van der Waals surface area contributed by atoms with Crippen molar-refractivity contribution in [3.63, 3.8) is 0 Å². The highest BCUT2D eigenvalue weighted by atomic mass is 32.2. The second kappa shape index (κ2) is 5.88. The van der Waals surface area contributed by atoms with Crippen molar-refractivity contribution < 1.29 is 12.8 Å². The molecule has 2 rings (SSSR count). The fourth-order valence-corrected chi connectivity index (χ4v) is 3.40. The Hall–Kier alpha value is -1.14. The quantitative estimate of drug-likeness (QED) is 0.830. The van der Waals surface area contributed by atoms with Gasteiger partial charge in [-0.15, -0.1) is 0 Å². The predicted molar refractivity (Wildman–Crippen MR) is 74.2 cm³/mol. The fourth-order valence-electron chi connectivity index (χ4n) is 1.96. The molecule has 1 N–H and O–H groups in total. The molecule has 0 aliphatic heterocycles. The van der Waals surface area contributed by atoms with Crippen LogP contribution in [0.15, 0.2) is 24.3 Å². The van der Waals surface area contributed by atoms with E-state index < -0.39 is 15.8 Å².